The van der Waals surface area contributed by atoms with Crippen LogP contribution in [0.1, 0.15) is 29.4 Å². The number of hydrogen-bond acceptors (Lipinski definition) is 4. The fraction of sp³-hybridized carbons (Fsp3) is 0.286. The molecular weight excluding hydrogens is 383 g/mol. The summed E-state index contributed by atoms with van der Waals surface area (Å²) < 4.78 is 44.0. The molecule has 150 valence electrons. The molecule has 1 amide bonds. The number of likely N-dealkylation sites (tertiary alicyclic amines) is 1. The van der Waals surface area contributed by atoms with Gasteiger partial charge in [0, 0.05) is 25.1 Å². The Morgan fingerprint density at radius 2 is 1.90 bits per heavy atom. The summed E-state index contributed by atoms with van der Waals surface area (Å²) in [5, 5.41) is 3.81. The molecule has 0 N–H and O–H groups in total. The summed E-state index contributed by atoms with van der Waals surface area (Å²) in [4.78, 5) is 18.3. The SMILES string of the molecule is O=C1CC(c2nc(-c3cccc(C(F)(F)F)c3)no2)CN1CCc1ccccc1. The highest BCUT2D eigenvalue weighted by Crippen LogP contribution is 2.33. The van der Waals surface area contributed by atoms with Crippen molar-refractivity contribution in [2.75, 3.05) is 13.1 Å². The summed E-state index contributed by atoms with van der Waals surface area (Å²) in [5.41, 5.74) is 0.595. The molecule has 29 heavy (non-hydrogen) atoms. The molecule has 1 fully saturated rings. The number of amides is 1. The number of benzene rings is 2. The number of carbonyl (C=O) groups is 1. The second-order valence-corrected chi connectivity index (χ2v) is 7.01. The third kappa shape index (κ3) is 4.31. The van der Waals surface area contributed by atoms with Gasteiger partial charge >= 0.3 is 6.18 Å². The Kier molecular flexibility index (Phi) is 5.08. The summed E-state index contributed by atoms with van der Waals surface area (Å²) >= 11 is 0. The van der Waals surface area contributed by atoms with Crippen molar-refractivity contribution < 1.29 is 22.5 Å². The molecule has 0 aliphatic carbocycles. The van der Waals surface area contributed by atoms with Gasteiger partial charge in [-0.1, -0.05) is 47.6 Å². The van der Waals surface area contributed by atoms with Crippen molar-refractivity contribution >= 4 is 5.91 Å². The van der Waals surface area contributed by atoms with Crippen LogP contribution >= 0.6 is 0 Å². The molecule has 0 spiro atoms. The Morgan fingerprint density at radius 1 is 1.10 bits per heavy atom. The zero-order valence-corrected chi connectivity index (χ0v) is 15.4. The molecule has 0 bridgehead atoms. The third-order valence-corrected chi connectivity index (χ3v) is 4.97. The minimum atomic E-state index is -4.44. The lowest BCUT2D eigenvalue weighted by molar-refractivity contribution is -0.137. The number of aromatic nitrogens is 2. The number of halogens is 3. The summed E-state index contributed by atoms with van der Waals surface area (Å²) in [7, 11) is 0. The minimum absolute atomic E-state index is 0.00440. The van der Waals surface area contributed by atoms with E-state index in [4.69, 9.17) is 4.52 Å². The van der Waals surface area contributed by atoms with Crippen LogP contribution in [-0.2, 0) is 17.4 Å². The second-order valence-electron chi connectivity index (χ2n) is 7.01. The maximum atomic E-state index is 12.9. The summed E-state index contributed by atoms with van der Waals surface area (Å²) in [6.07, 6.45) is -3.45. The molecule has 5 nitrogen and oxygen atoms in total. The largest absolute Gasteiger partial charge is 0.416 e. The summed E-state index contributed by atoms with van der Waals surface area (Å²) in [5.74, 6) is 0.101. The van der Waals surface area contributed by atoms with Gasteiger partial charge in [0.1, 0.15) is 0 Å². The van der Waals surface area contributed by atoms with Gasteiger partial charge in [-0.3, -0.25) is 4.79 Å². The fourth-order valence-electron chi connectivity index (χ4n) is 3.42. The van der Waals surface area contributed by atoms with E-state index in [1.54, 1.807) is 4.90 Å². The number of alkyl halides is 3. The number of nitrogens with zero attached hydrogens (tertiary/aromatic N) is 3. The van der Waals surface area contributed by atoms with Gasteiger partial charge in [0.25, 0.3) is 0 Å². The standard InChI is InChI=1S/C21H18F3N3O2/c22-21(23,24)17-8-4-7-15(11-17)19-25-20(29-26-19)16-12-18(28)27(13-16)10-9-14-5-2-1-3-6-14/h1-8,11,16H,9-10,12-13H2. The lowest BCUT2D eigenvalue weighted by Crippen LogP contribution is -2.27. The lowest BCUT2D eigenvalue weighted by Gasteiger charge is -2.15. The number of rotatable bonds is 5. The Morgan fingerprint density at radius 3 is 2.66 bits per heavy atom. The average molecular weight is 401 g/mol. The van der Waals surface area contributed by atoms with E-state index in [1.165, 1.54) is 12.1 Å². The molecule has 1 saturated heterocycles. The van der Waals surface area contributed by atoms with Crippen molar-refractivity contribution in [1.82, 2.24) is 15.0 Å². The van der Waals surface area contributed by atoms with E-state index in [0.717, 1.165) is 24.1 Å². The minimum Gasteiger partial charge on any atom is -0.342 e. The Hall–Kier alpha value is -3.16. The van der Waals surface area contributed by atoms with Crippen molar-refractivity contribution in [1.29, 1.82) is 0 Å². The molecule has 1 aromatic heterocycles. The van der Waals surface area contributed by atoms with Crippen molar-refractivity contribution in [3.63, 3.8) is 0 Å². The predicted octanol–water partition coefficient (Wildman–Crippen LogP) is 4.31. The van der Waals surface area contributed by atoms with Gasteiger partial charge in [-0.15, -0.1) is 0 Å². The van der Waals surface area contributed by atoms with E-state index in [-0.39, 0.29) is 35.5 Å². The van der Waals surface area contributed by atoms with Crippen LogP contribution in [0.4, 0.5) is 13.2 Å². The van der Waals surface area contributed by atoms with Crippen LogP contribution < -0.4 is 0 Å². The highest BCUT2D eigenvalue weighted by Gasteiger charge is 2.34. The lowest BCUT2D eigenvalue weighted by atomic mass is 10.1. The molecule has 4 rings (SSSR count). The van der Waals surface area contributed by atoms with Crippen LogP contribution in [0, 0.1) is 0 Å². The molecule has 8 heteroatoms. The highest BCUT2D eigenvalue weighted by molar-refractivity contribution is 5.79. The van der Waals surface area contributed by atoms with Gasteiger partial charge in [-0.2, -0.15) is 18.2 Å². The maximum absolute atomic E-state index is 12.9. The topological polar surface area (TPSA) is 59.2 Å². The van der Waals surface area contributed by atoms with Crippen molar-refractivity contribution in [2.24, 2.45) is 0 Å². The van der Waals surface area contributed by atoms with Gasteiger partial charge < -0.3 is 9.42 Å². The van der Waals surface area contributed by atoms with Crippen LogP contribution in [0.25, 0.3) is 11.4 Å². The van der Waals surface area contributed by atoms with E-state index < -0.39 is 11.7 Å². The van der Waals surface area contributed by atoms with E-state index in [1.807, 2.05) is 30.3 Å². The first kappa shape index (κ1) is 19.2. The zero-order chi connectivity index (χ0) is 20.4. The molecule has 0 radical (unpaired) electrons. The Balaban J connectivity index is 1.44. The fourth-order valence-corrected chi connectivity index (χ4v) is 3.42. The molecule has 1 atom stereocenters. The molecule has 1 aliphatic rings. The van der Waals surface area contributed by atoms with Crippen LogP contribution in [0.2, 0.25) is 0 Å². The summed E-state index contributed by atoms with van der Waals surface area (Å²) in [6.45, 7) is 1.05. The van der Waals surface area contributed by atoms with E-state index in [0.29, 0.717) is 13.1 Å². The monoisotopic (exact) mass is 401 g/mol. The number of carbonyl (C=O) groups excluding carboxylic acids is 1. The molecule has 1 unspecified atom stereocenters. The van der Waals surface area contributed by atoms with E-state index in [2.05, 4.69) is 10.1 Å². The third-order valence-electron chi connectivity index (χ3n) is 4.97. The predicted molar refractivity (Wildman–Crippen MR) is 98.8 cm³/mol. The first-order chi connectivity index (χ1) is 13.9. The van der Waals surface area contributed by atoms with Crippen molar-refractivity contribution in [3.05, 3.63) is 71.6 Å². The van der Waals surface area contributed by atoms with Gasteiger partial charge in [0.05, 0.1) is 11.5 Å². The van der Waals surface area contributed by atoms with Crippen molar-refractivity contribution in [3.8, 4) is 11.4 Å². The average Bonchev–Trinajstić information content (AvgIpc) is 3.34. The van der Waals surface area contributed by atoms with Gasteiger partial charge in [-0.25, -0.2) is 0 Å². The van der Waals surface area contributed by atoms with Crippen LogP contribution in [0.3, 0.4) is 0 Å². The number of hydrogen-bond donors (Lipinski definition) is 0. The molecular formula is C21H18F3N3O2. The van der Waals surface area contributed by atoms with Crippen LogP contribution in [0.15, 0.2) is 59.1 Å². The Bertz CT molecular complexity index is 1000. The quantitative estimate of drug-likeness (QED) is 0.639. The normalized spacial score (nSPS) is 17.1. The summed E-state index contributed by atoms with van der Waals surface area (Å²) in [6, 6.07) is 14.7. The van der Waals surface area contributed by atoms with Crippen LogP contribution in [0.5, 0.6) is 0 Å². The Labute approximate surface area is 165 Å². The molecule has 0 saturated carbocycles. The van der Waals surface area contributed by atoms with Gasteiger partial charge in [-0.05, 0) is 24.1 Å². The van der Waals surface area contributed by atoms with Crippen LogP contribution in [-0.4, -0.2) is 34.0 Å². The highest BCUT2D eigenvalue weighted by atomic mass is 19.4. The smallest absolute Gasteiger partial charge is 0.342 e. The van der Waals surface area contributed by atoms with E-state index >= 15 is 0 Å². The molecule has 1 aliphatic heterocycles. The first-order valence-corrected chi connectivity index (χ1v) is 9.23. The molecule has 3 aromatic rings. The van der Waals surface area contributed by atoms with Gasteiger partial charge in [0.2, 0.25) is 17.6 Å². The first-order valence-electron chi connectivity index (χ1n) is 9.23. The molecule has 2 heterocycles. The van der Waals surface area contributed by atoms with Crippen molar-refractivity contribution in [2.45, 2.75) is 24.9 Å². The van der Waals surface area contributed by atoms with E-state index in [9.17, 15) is 18.0 Å². The van der Waals surface area contributed by atoms with Gasteiger partial charge in [0.15, 0.2) is 0 Å². The zero-order valence-electron chi connectivity index (χ0n) is 15.4. The molecule has 2 aromatic carbocycles. The maximum Gasteiger partial charge on any atom is 0.416 e. The second kappa shape index (κ2) is 7.69.